The number of benzene rings is 1. The van der Waals surface area contributed by atoms with E-state index >= 15 is 0 Å². The molecular weight excluding hydrogens is 324 g/mol. The minimum absolute atomic E-state index is 0.169. The van der Waals surface area contributed by atoms with Gasteiger partial charge in [0.25, 0.3) is 0 Å². The van der Waals surface area contributed by atoms with Crippen molar-refractivity contribution in [3.63, 3.8) is 0 Å². The minimum Gasteiger partial charge on any atom is -0.369 e. The average molecular weight is 353 g/mol. The Morgan fingerprint density at radius 2 is 1.86 bits per heavy atom. The highest BCUT2D eigenvalue weighted by molar-refractivity contribution is 9.09. The van der Waals surface area contributed by atoms with Crippen LogP contribution in [-0.2, 0) is 4.74 Å². The van der Waals surface area contributed by atoms with Gasteiger partial charge in [0.15, 0.2) is 0 Å². The zero-order valence-electron chi connectivity index (χ0n) is 13.8. The highest BCUT2D eigenvalue weighted by Crippen LogP contribution is 2.38. The van der Waals surface area contributed by atoms with Gasteiger partial charge in [0.1, 0.15) is 0 Å². The summed E-state index contributed by atoms with van der Waals surface area (Å²) in [5.41, 5.74) is 2.59. The number of aryl methyl sites for hydroxylation is 1. The van der Waals surface area contributed by atoms with Crippen LogP contribution in [0.15, 0.2) is 24.3 Å². The molecule has 0 heterocycles. The first-order valence-electron chi connectivity index (χ1n) is 8.29. The molecule has 0 bridgehead atoms. The Bertz CT molecular complexity index is 426. The summed E-state index contributed by atoms with van der Waals surface area (Å²) in [6, 6.07) is 8.77. The molecule has 4 atom stereocenters. The van der Waals surface area contributed by atoms with Gasteiger partial charge in [-0.05, 0) is 43.1 Å². The summed E-state index contributed by atoms with van der Waals surface area (Å²) in [7, 11) is 0. The standard InChI is InChI=1S/C19H29BrO/c1-13(2)17-10-7-15(4)11-18(17)21-19(12-20)16-8-5-14(3)6-9-16/h5-6,8-9,13,15,17-19H,7,10-12H2,1-4H3. The number of alkyl halides is 1. The van der Waals surface area contributed by atoms with E-state index in [0.29, 0.717) is 17.9 Å². The Labute approximate surface area is 138 Å². The summed E-state index contributed by atoms with van der Waals surface area (Å²) in [4.78, 5) is 0. The Hall–Kier alpha value is -0.340. The molecule has 1 saturated carbocycles. The molecule has 2 rings (SSSR count). The molecule has 1 nitrogen and oxygen atoms in total. The van der Waals surface area contributed by atoms with Gasteiger partial charge in [-0.25, -0.2) is 0 Å². The van der Waals surface area contributed by atoms with Gasteiger partial charge in [0.2, 0.25) is 0 Å². The topological polar surface area (TPSA) is 9.23 Å². The molecular formula is C19H29BrO. The molecule has 0 aliphatic heterocycles. The van der Waals surface area contributed by atoms with Gasteiger partial charge in [0, 0.05) is 5.33 Å². The fraction of sp³-hybridized carbons (Fsp3) is 0.684. The SMILES string of the molecule is Cc1ccc(C(CBr)OC2CC(C)CCC2C(C)C)cc1. The van der Waals surface area contributed by atoms with E-state index in [1.807, 2.05) is 0 Å². The van der Waals surface area contributed by atoms with Gasteiger partial charge in [0.05, 0.1) is 12.2 Å². The summed E-state index contributed by atoms with van der Waals surface area (Å²) >= 11 is 3.64. The second-order valence-electron chi connectivity index (χ2n) is 7.05. The highest BCUT2D eigenvalue weighted by Gasteiger charge is 2.33. The Morgan fingerprint density at radius 3 is 2.43 bits per heavy atom. The quantitative estimate of drug-likeness (QED) is 0.598. The largest absolute Gasteiger partial charge is 0.369 e. The van der Waals surface area contributed by atoms with Crippen LogP contribution >= 0.6 is 15.9 Å². The van der Waals surface area contributed by atoms with E-state index < -0.39 is 0 Å². The molecule has 1 aliphatic carbocycles. The van der Waals surface area contributed by atoms with Gasteiger partial charge >= 0.3 is 0 Å². The third-order valence-corrected chi connectivity index (χ3v) is 5.48. The van der Waals surface area contributed by atoms with Crippen LogP contribution in [0.25, 0.3) is 0 Å². The second-order valence-corrected chi connectivity index (χ2v) is 7.70. The van der Waals surface area contributed by atoms with Gasteiger partial charge in [-0.3, -0.25) is 0 Å². The van der Waals surface area contributed by atoms with Crippen LogP contribution in [0.2, 0.25) is 0 Å². The molecule has 2 heteroatoms. The van der Waals surface area contributed by atoms with E-state index in [1.54, 1.807) is 0 Å². The van der Waals surface area contributed by atoms with Gasteiger partial charge in [-0.1, -0.05) is 73.0 Å². The van der Waals surface area contributed by atoms with Crippen molar-refractivity contribution in [2.45, 2.75) is 59.2 Å². The van der Waals surface area contributed by atoms with Crippen molar-refractivity contribution in [3.8, 4) is 0 Å². The van der Waals surface area contributed by atoms with E-state index in [4.69, 9.17) is 4.74 Å². The van der Waals surface area contributed by atoms with Crippen molar-refractivity contribution in [3.05, 3.63) is 35.4 Å². The number of hydrogen-bond acceptors (Lipinski definition) is 1. The number of hydrogen-bond donors (Lipinski definition) is 0. The molecule has 1 fully saturated rings. The van der Waals surface area contributed by atoms with Crippen molar-refractivity contribution in [1.82, 2.24) is 0 Å². The van der Waals surface area contributed by atoms with E-state index in [-0.39, 0.29) is 6.10 Å². The van der Waals surface area contributed by atoms with Crippen molar-refractivity contribution >= 4 is 15.9 Å². The molecule has 4 unspecified atom stereocenters. The predicted molar refractivity (Wildman–Crippen MR) is 93.9 cm³/mol. The molecule has 0 amide bonds. The van der Waals surface area contributed by atoms with Crippen LogP contribution in [0.3, 0.4) is 0 Å². The molecule has 0 N–H and O–H groups in total. The lowest BCUT2D eigenvalue weighted by Gasteiger charge is -2.39. The monoisotopic (exact) mass is 352 g/mol. The normalized spacial score (nSPS) is 27.8. The fourth-order valence-corrected chi connectivity index (χ4v) is 3.99. The Balaban J connectivity index is 2.09. The van der Waals surface area contributed by atoms with Gasteiger partial charge < -0.3 is 4.74 Å². The maximum atomic E-state index is 6.56. The lowest BCUT2D eigenvalue weighted by molar-refractivity contribution is -0.0732. The van der Waals surface area contributed by atoms with Crippen molar-refractivity contribution in [2.75, 3.05) is 5.33 Å². The number of ether oxygens (including phenoxy) is 1. The van der Waals surface area contributed by atoms with Gasteiger partial charge in [-0.15, -0.1) is 0 Å². The highest BCUT2D eigenvalue weighted by atomic mass is 79.9. The van der Waals surface area contributed by atoms with Crippen molar-refractivity contribution in [1.29, 1.82) is 0 Å². The summed E-state index contributed by atoms with van der Waals surface area (Å²) < 4.78 is 6.56. The third kappa shape index (κ3) is 4.56. The molecule has 1 aromatic rings. The van der Waals surface area contributed by atoms with E-state index in [9.17, 15) is 0 Å². The first-order chi connectivity index (χ1) is 10.0. The zero-order valence-corrected chi connectivity index (χ0v) is 15.4. The van der Waals surface area contributed by atoms with E-state index in [0.717, 1.165) is 11.2 Å². The first-order valence-corrected chi connectivity index (χ1v) is 9.41. The fourth-order valence-electron chi connectivity index (χ4n) is 3.47. The molecule has 118 valence electrons. The molecule has 1 aromatic carbocycles. The Kier molecular flexibility index (Phi) is 6.31. The maximum Gasteiger partial charge on any atom is 0.0925 e. The summed E-state index contributed by atoms with van der Waals surface area (Å²) in [6.07, 6.45) is 4.44. The minimum atomic E-state index is 0.169. The molecule has 21 heavy (non-hydrogen) atoms. The van der Waals surface area contributed by atoms with Crippen molar-refractivity contribution in [2.24, 2.45) is 17.8 Å². The van der Waals surface area contributed by atoms with E-state index in [2.05, 4.69) is 67.9 Å². The molecule has 0 aromatic heterocycles. The molecule has 0 spiro atoms. The van der Waals surface area contributed by atoms with Crippen LogP contribution < -0.4 is 0 Å². The first kappa shape index (κ1) is 17.0. The molecule has 0 radical (unpaired) electrons. The summed E-state index contributed by atoms with van der Waals surface area (Å²) in [5.74, 6) is 2.20. The van der Waals surface area contributed by atoms with Crippen LogP contribution in [0, 0.1) is 24.7 Å². The second kappa shape index (κ2) is 7.78. The lowest BCUT2D eigenvalue weighted by atomic mass is 9.75. The molecule has 0 saturated heterocycles. The molecule has 1 aliphatic rings. The maximum absolute atomic E-state index is 6.56. The van der Waals surface area contributed by atoms with Crippen LogP contribution in [0.1, 0.15) is 57.3 Å². The van der Waals surface area contributed by atoms with Crippen LogP contribution in [0.4, 0.5) is 0 Å². The van der Waals surface area contributed by atoms with Crippen LogP contribution in [-0.4, -0.2) is 11.4 Å². The Morgan fingerprint density at radius 1 is 1.19 bits per heavy atom. The van der Waals surface area contributed by atoms with Crippen LogP contribution in [0.5, 0.6) is 0 Å². The number of rotatable bonds is 5. The summed E-state index contributed by atoms with van der Waals surface area (Å²) in [5, 5.41) is 0.867. The van der Waals surface area contributed by atoms with E-state index in [1.165, 1.54) is 30.4 Å². The zero-order chi connectivity index (χ0) is 15.4. The smallest absolute Gasteiger partial charge is 0.0925 e. The summed E-state index contributed by atoms with van der Waals surface area (Å²) in [6.45, 7) is 9.17. The average Bonchev–Trinajstić information content (AvgIpc) is 2.45. The van der Waals surface area contributed by atoms with Crippen molar-refractivity contribution < 1.29 is 4.74 Å². The number of halogens is 1. The third-order valence-electron chi connectivity index (χ3n) is 4.89. The lowest BCUT2D eigenvalue weighted by Crippen LogP contribution is -2.35. The van der Waals surface area contributed by atoms with Gasteiger partial charge in [-0.2, -0.15) is 0 Å². The predicted octanol–water partition coefficient (Wildman–Crippen LogP) is 5.91.